The van der Waals surface area contributed by atoms with Gasteiger partial charge in [-0.05, 0) is 73.0 Å². The summed E-state index contributed by atoms with van der Waals surface area (Å²) in [5, 5.41) is 20.7. The number of hydrogen-bond acceptors (Lipinski definition) is 8. The third-order valence-corrected chi connectivity index (χ3v) is 8.86. The van der Waals surface area contributed by atoms with Gasteiger partial charge in [0, 0.05) is 21.4 Å². The highest BCUT2D eigenvalue weighted by molar-refractivity contribution is 9.10. The number of carbonyl (C=O) groups is 2. The second-order valence-corrected chi connectivity index (χ2v) is 12.7. The Morgan fingerprint density at radius 1 is 0.962 bits per heavy atom. The van der Waals surface area contributed by atoms with Crippen molar-refractivity contribution in [1.82, 2.24) is 20.6 Å². The maximum absolute atomic E-state index is 12.6. The Morgan fingerprint density at radius 3 is 2.33 bits per heavy atom. The number of methoxy groups -OCH3 is 1. The Hall–Kier alpha value is -5.85. The molecule has 5 aromatic rings. The summed E-state index contributed by atoms with van der Waals surface area (Å²) < 4.78 is 19.9. The number of urea groups is 1. The molecule has 0 unspecified atom stereocenters. The molecule has 266 valence electrons. The van der Waals surface area contributed by atoms with E-state index < -0.39 is 24.3 Å². The minimum absolute atomic E-state index is 0.159. The number of ether oxygens (including phenoxy) is 3. The molecular weight excluding hydrogens is 726 g/mol. The number of nitrogens with zero attached hydrogens (tertiary/aromatic N) is 2. The van der Waals surface area contributed by atoms with Crippen molar-refractivity contribution in [1.29, 1.82) is 0 Å². The van der Waals surface area contributed by atoms with Gasteiger partial charge in [0.15, 0.2) is 17.7 Å². The predicted molar refractivity (Wildman–Crippen MR) is 203 cm³/mol. The number of benzene rings is 4. The van der Waals surface area contributed by atoms with E-state index in [0.717, 1.165) is 38.2 Å². The number of nitrogens with one attached hydrogen (secondary N) is 3. The summed E-state index contributed by atoms with van der Waals surface area (Å²) in [6, 6.07) is 34.3. The van der Waals surface area contributed by atoms with Gasteiger partial charge in [0.2, 0.25) is 0 Å². The van der Waals surface area contributed by atoms with Gasteiger partial charge in [-0.3, -0.25) is 5.43 Å². The highest BCUT2D eigenvalue weighted by atomic mass is 79.9. The Bertz CT molecular complexity index is 2100. The van der Waals surface area contributed by atoms with Gasteiger partial charge >= 0.3 is 12.0 Å². The minimum Gasteiger partial charge on any atom is -0.490 e. The van der Waals surface area contributed by atoms with E-state index in [1.807, 2.05) is 55.5 Å². The van der Waals surface area contributed by atoms with Crippen LogP contribution in [0, 0.1) is 0 Å². The highest BCUT2D eigenvalue weighted by Gasteiger charge is 2.32. The summed E-state index contributed by atoms with van der Waals surface area (Å²) in [6.45, 7) is 3.64. The zero-order chi connectivity index (χ0) is 36.6. The standard InChI is InChI=1S/C40H38BrN5O6/c1-4-51-34-22-28(37-36(39(48)50-3)25(2)43-40(49)44-37)15-20-33(34)52-24-35(47)45-42-23-29-21-32(26-11-7-5-8-12-26)46(31-18-16-30(41)17-19-31)38(29)27-13-9-6-10-14-27/h5-23,35,37,45,47H,4,24H2,1-3H3,(H2,43,44,49)/b42-23+/t35-,37+/m0/s1. The number of esters is 1. The zero-order valence-corrected chi connectivity index (χ0v) is 30.4. The van der Waals surface area contributed by atoms with E-state index in [4.69, 9.17) is 14.2 Å². The van der Waals surface area contributed by atoms with Gasteiger partial charge in [0.05, 0.1) is 42.9 Å². The molecule has 0 spiro atoms. The molecule has 0 saturated carbocycles. The van der Waals surface area contributed by atoms with Crippen LogP contribution in [0.4, 0.5) is 4.79 Å². The number of hydrazone groups is 1. The number of hydrogen-bond donors (Lipinski definition) is 4. The van der Waals surface area contributed by atoms with Gasteiger partial charge in [-0.1, -0.05) is 82.7 Å². The smallest absolute Gasteiger partial charge is 0.337 e. The van der Waals surface area contributed by atoms with Crippen molar-refractivity contribution >= 4 is 34.1 Å². The lowest BCUT2D eigenvalue weighted by Crippen LogP contribution is -2.45. The van der Waals surface area contributed by atoms with Crippen molar-refractivity contribution in [3.8, 4) is 39.7 Å². The average Bonchev–Trinajstić information content (AvgIpc) is 3.54. The van der Waals surface area contributed by atoms with E-state index in [9.17, 15) is 14.7 Å². The molecule has 2 amide bonds. The fourth-order valence-corrected chi connectivity index (χ4v) is 6.28. The van der Waals surface area contributed by atoms with Crippen LogP contribution >= 0.6 is 15.9 Å². The number of aromatic nitrogens is 1. The summed E-state index contributed by atoms with van der Waals surface area (Å²) >= 11 is 3.56. The van der Waals surface area contributed by atoms with Crippen LogP contribution in [0.25, 0.3) is 28.2 Å². The molecule has 0 fully saturated rings. The van der Waals surface area contributed by atoms with Gasteiger partial charge in [-0.2, -0.15) is 5.10 Å². The summed E-state index contributed by atoms with van der Waals surface area (Å²) in [5.41, 5.74) is 9.80. The van der Waals surface area contributed by atoms with Crippen molar-refractivity contribution in [2.24, 2.45) is 5.10 Å². The van der Waals surface area contributed by atoms with Crippen molar-refractivity contribution < 1.29 is 28.9 Å². The zero-order valence-electron chi connectivity index (χ0n) is 28.8. The molecule has 6 rings (SSSR count). The molecule has 12 heteroatoms. The van der Waals surface area contributed by atoms with E-state index in [1.165, 1.54) is 7.11 Å². The SMILES string of the molecule is CCOc1cc([C@H]2NC(=O)NC(C)=C2C(=O)OC)ccc1OC[C@H](O)N/N=C/c1cc(-c2ccccc2)n(-c2ccc(Br)cc2)c1-c1ccccc1. The number of halogens is 1. The lowest BCUT2D eigenvalue weighted by molar-refractivity contribution is -0.136. The van der Waals surface area contributed by atoms with E-state index in [0.29, 0.717) is 29.4 Å². The maximum Gasteiger partial charge on any atom is 0.337 e. The monoisotopic (exact) mass is 763 g/mol. The van der Waals surface area contributed by atoms with Gasteiger partial charge in [-0.15, -0.1) is 0 Å². The quantitative estimate of drug-likeness (QED) is 0.0435. The number of aliphatic hydroxyl groups excluding tert-OH is 1. The van der Waals surface area contributed by atoms with Crippen molar-refractivity contribution in [3.63, 3.8) is 0 Å². The van der Waals surface area contributed by atoms with Crippen molar-refractivity contribution in [2.45, 2.75) is 26.1 Å². The first-order valence-corrected chi connectivity index (χ1v) is 17.4. The molecule has 0 saturated heterocycles. The Kier molecular flexibility index (Phi) is 11.4. The molecule has 4 aromatic carbocycles. The topological polar surface area (TPSA) is 135 Å². The lowest BCUT2D eigenvalue weighted by Gasteiger charge is -2.28. The first-order valence-electron chi connectivity index (χ1n) is 16.6. The Morgan fingerprint density at radius 2 is 1.65 bits per heavy atom. The second kappa shape index (κ2) is 16.4. The highest BCUT2D eigenvalue weighted by Crippen LogP contribution is 2.37. The van der Waals surface area contributed by atoms with Crippen LogP contribution in [0.15, 0.2) is 130 Å². The van der Waals surface area contributed by atoms with Crippen LogP contribution in [0.3, 0.4) is 0 Å². The fourth-order valence-electron chi connectivity index (χ4n) is 6.01. The molecule has 4 N–H and O–H groups in total. The van der Waals surface area contributed by atoms with Gasteiger partial charge in [-0.25, -0.2) is 9.59 Å². The third-order valence-electron chi connectivity index (χ3n) is 8.33. The molecular formula is C40H38BrN5O6. The lowest BCUT2D eigenvalue weighted by atomic mass is 9.95. The van der Waals surface area contributed by atoms with Crippen LogP contribution in [-0.4, -0.2) is 54.4 Å². The van der Waals surface area contributed by atoms with Crippen molar-refractivity contribution in [2.75, 3.05) is 20.3 Å². The van der Waals surface area contributed by atoms with Gasteiger partial charge in [0.1, 0.15) is 6.61 Å². The molecule has 1 aromatic heterocycles. The largest absolute Gasteiger partial charge is 0.490 e. The molecule has 1 aliphatic rings. The fraction of sp³-hybridized carbons (Fsp3) is 0.175. The minimum atomic E-state index is -1.17. The molecule has 2 heterocycles. The molecule has 0 aliphatic carbocycles. The number of amides is 2. The first kappa shape index (κ1) is 36.0. The molecule has 1 aliphatic heterocycles. The third kappa shape index (κ3) is 8.03. The second-order valence-electron chi connectivity index (χ2n) is 11.8. The molecule has 52 heavy (non-hydrogen) atoms. The van der Waals surface area contributed by atoms with Crippen LogP contribution in [0.2, 0.25) is 0 Å². The summed E-state index contributed by atoms with van der Waals surface area (Å²) in [4.78, 5) is 24.9. The molecule has 2 atom stereocenters. The Balaban J connectivity index is 1.24. The van der Waals surface area contributed by atoms with Crippen LogP contribution in [0.5, 0.6) is 11.5 Å². The summed E-state index contributed by atoms with van der Waals surface area (Å²) in [7, 11) is 1.28. The average molecular weight is 765 g/mol. The summed E-state index contributed by atoms with van der Waals surface area (Å²) in [5.74, 6) is 0.169. The number of carbonyl (C=O) groups excluding carboxylic acids is 2. The molecule has 0 bridgehead atoms. The Labute approximate surface area is 310 Å². The van der Waals surface area contributed by atoms with Crippen LogP contribution in [-0.2, 0) is 9.53 Å². The predicted octanol–water partition coefficient (Wildman–Crippen LogP) is 7.09. The van der Waals surface area contributed by atoms with Crippen molar-refractivity contribution in [3.05, 3.63) is 136 Å². The number of allylic oxidation sites excluding steroid dienone is 1. The molecule has 11 nitrogen and oxygen atoms in total. The van der Waals surface area contributed by atoms with E-state index in [-0.39, 0.29) is 12.2 Å². The van der Waals surface area contributed by atoms with E-state index in [1.54, 1.807) is 31.3 Å². The van der Waals surface area contributed by atoms with E-state index in [2.05, 4.69) is 84.1 Å². The number of aliphatic hydroxyl groups is 1. The maximum atomic E-state index is 12.6. The normalized spacial score (nSPS) is 14.8. The number of rotatable bonds is 13. The first-order chi connectivity index (χ1) is 25.3. The van der Waals surface area contributed by atoms with Gasteiger partial charge in [0.25, 0.3) is 0 Å². The van der Waals surface area contributed by atoms with Crippen LogP contribution < -0.4 is 25.5 Å². The van der Waals surface area contributed by atoms with Crippen LogP contribution in [0.1, 0.15) is 31.0 Å². The molecule has 0 radical (unpaired) electrons. The summed E-state index contributed by atoms with van der Waals surface area (Å²) in [6.07, 6.45) is 0.517. The van der Waals surface area contributed by atoms with E-state index >= 15 is 0 Å². The van der Waals surface area contributed by atoms with Gasteiger partial charge < -0.3 is 34.5 Å².